The molecule has 0 atom stereocenters. The zero-order chi connectivity index (χ0) is 18.2. The maximum absolute atomic E-state index is 11.9. The second-order valence-electron chi connectivity index (χ2n) is 6.87. The lowest BCUT2D eigenvalue weighted by Gasteiger charge is -2.28. The molecule has 1 aliphatic rings. The van der Waals surface area contributed by atoms with E-state index in [9.17, 15) is 4.79 Å². The van der Waals surface area contributed by atoms with Crippen molar-refractivity contribution in [3.05, 3.63) is 42.5 Å². The van der Waals surface area contributed by atoms with Gasteiger partial charge in [-0.25, -0.2) is 0 Å². The van der Waals surface area contributed by atoms with Gasteiger partial charge in [0, 0.05) is 26.2 Å². The number of fused-ring (bicyclic) bond motifs is 1. The number of nitrogens with one attached hydrogen (secondary N) is 1. The predicted molar refractivity (Wildman–Crippen MR) is 104 cm³/mol. The average molecular weight is 356 g/mol. The van der Waals surface area contributed by atoms with E-state index in [1.807, 2.05) is 36.4 Å². The number of carbonyl (C=O) groups is 1. The summed E-state index contributed by atoms with van der Waals surface area (Å²) in [4.78, 5) is 14.2. The first kappa shape index (κ1) is 18.7. The summed E-state index contributed by atoms with van der Waals surface area (Å²) >= 11 is 0. The zero-order valence-corrected chi connectivity index (χ0v) is 15.4. The summed E-state index contributed by atoms with van der Waals surface area (Å²) in [5.41, 5.74) is 0. The maximum Gasteiger partial charge on any atom is 0.257 e. The predicted octanol–water partition coefficient (Wildman–Crippen LogP) is 2.84. The van der Waals surface area contributed by atoms with E-state index in [4.69, 9.17) is 9.47 Å². The second-order valence-corrected chi connectivity index (χ2v) is 6.87. The molecule has 1 amide bonds. The Morgan fingerprint density at radius 3 is 2.73 bits per heavy atom. The van der Waals surface area contributed by atoms with Crippen molar-refractivity contribution < 1.29 is 14.3 Å². The van der Waals surface area contributed by atoms with E-state index in [0.717, 1.165) is 43.1 Å². The van der Waals surface area contributed by atoms with Gasteiger partial charge in [0.05, 0.1) is 6.10 Å². The number of hydrogen-bond acceptors (Lipinski definition) is 4. The Morgan fingerprint density at radius 1 is 1.15 bits per heavy atom. The molecule has 1 aliphatic heterocycles. The molecule has 1 N–H and O–H groups in total. The molecule has 0 aromatic heterocycles. The summed E-state index contributed by atoms with van der Waals surface area (Å²) in [7, 11) is 2.14. The Kier molecular flexibility index (Phi) is 6.86. The molecular formula is C21H28N2O3. The highest BCUT2D eigenvalue weighted by Crippen LogP contribution is 2.20. The van der Waals surface area contributed by atoms with Gasteiger partial charge in [0.1, 0.15) is 5.75 Å². The molecule has 0 saturated carbocycles. The molecule has 0 spiro atoms. The van der Waals surface area contributed by atoms with Crippen LogP contribution in [0.5, 0.6) is 5.75 Å². The van der Waals surface area contributed by atoms with Gasteiger partial charge in [-0.2, -0.15) is 0 Å². The van der Waals surface area contributed by atoms with Crippen molar-refractivity contribution in [2.75, 3.05) is 39.9 Å². The summed E-state index contributed by atoms with van der Waals surface area (Å²) in [5, 5.41) is 5.15. The second kappa shape index (κ2) is 9.55. The summed E-state index contributed by atoms with van der Waals surface area (Å²) in [6, 6.07) is 13.9. The Labute approximate surface area is 155 Å². The van der Waals surface area contributed by atoms with E-state index in [2.05, 4.69) is 23.3 Å². The summed E-state index contributed by atoms with van der Waals surface area (Å²) in [6.45, 7) is 3.56. The van der Waals surface area contributed by atoms with Gasteiger partial charge in [0.2, 0.25) is 0 Å². The van der Waals surface area contributed by atoms with Crippen LogP contribution in [0, 0.1) is 0 Å². The van der Waals surface area contributed by atoms with Crippen molar-refractivity contribution in [1.29, 1.82) is 0 Å². The smallest absolute Gasteiger partial charge is 0.257 e. The molecule has 0 aliphatic carbocycles. The summed E-state index contributed by atoms with van der Waals surface area (Å²) in [5.74, 6) is 0.613. The first-order valence-electron chi connectivity index (χ1n) is 9.39. The van der Waals surface area contributed by atoms with Gasteiger partial charge < -0.3 is 19.7 Å². The lowest BCUT2D eigenvalue weighted by molar-refractivity contribution is -0.123. The van der Waals surface area contributed by atoms with Crippen LogP contribution in [0.4, 0.5) is 0 Å². The van der Waals surface area contributed by atoms with E-state index < -0.39 is 0 Å². The number of benzene rings is 2. The van der Waals surface area contributed by atoms with Gasteiger partial charge in [0.15, 0.2) is 6.61 Å². The number of rotatable bonds is 8. The van der Waals surface area contributed by atoms with Gasteiger partial charge in [-0.05, 0) is 49.2 Å². The summed E-state index contributed by atoms with van der Waals surface area (Å²) < 4.78 is 11.5. The number of nitrogens with zero attached hydrogens (tertiary/aromatic N) is 1. The quantitative estimate of drug-likeness (QED) is 0.739. The van der Waals surface area contributed by atoms with E-state index in [1.54, 1.807) is 0 Å². The van der Waals surface area contributed by atoms with Crippen molar-refractivity contribution in [1.82, 2.24) is 10.2 Å². The molecule has 1 saturated heterocycles. The average Bonchev–Trinajstić information content (AvgIpc) is 2.67. The van der Waals surface area contributed by atoms with E-state index in [1.165, 1.54) is 0 Å². The van der Waals surface area contributed by atoms with Crippen LogP contribution >= 0.6 is 0 Å². The van der Waals surface area contributed by atoms with Crippen molar-refractivity contribution in [3.8, 4) is 5.75 Å². The number of carbonyl (C=O) groups excluding carboxylic acids is 1. The van der Waals surface area contributed by atoms with Crippen LogP contribution in [0.1, 0.15) is 19.3 Å². The van der Waals surface area contributed by atoms with Gasteiger partial charge in [0.25, 0.3) is 5.91 Å². The number of piperidine rings is 1. The molecule has 2 aromatic carbocycles. The van der Waals surface area contributed by atoms with Crippen LogP contribution in [-0.4, -0.2) is 56.8 Å². The van der Waals surface area contributed by atoms with Crippen LogP contribution in [0.3, 0.4) is 0 Å². The van der Waals surface area contributed by atoms with Crippen molar-refractivity contribution in [2.45, 2.75) is 25.4 Å². The van der Waals surface area contributed by atoms with Crippen LogP contribution in [0.25, 0.3) is 10.8 Å². The topological polar surface area (TPSA) is 50.8 Å². The Bertz CT molecular complexity index is 711. The molecule has 140 valence electrons. The Morgan fingerprint density at radius 2 is 1.92 bits per heavy atom. The van der Waals surface area contributed by atoms with E-state index in [0.29, 0.717) is 25.0 Å². The standard InChI is InChI=1S/C21H28N2O3/c1-23-12-9-19(10-13-23)25-14-4-11-22-21(24)16-26-20-8-7-17-5-2-3-6-18(17)15-20/h2-3,5-8,15,19H,4,9-14,16H2,1H3,(H,22,24). The lowest BCUT2D eigenvalue weighted by atomic mass is 10.1. The minimum atomic E-state index is -0.0996. The van der Waals surface area contributed by atoms with Crippen LogP contribution in [0.15, 0.2) is 42.5 Å². The molecule has 5 heteroatoms. The first-order chi connectivity index (χ1) is 12.7. The van der Waals surface area contributed by atoms with Crippen LogP contribution in [0.2, 0.25) is 0 Å². The fourth-order valence-electron chi connectivity index (χ4n) is 3.16. The molecule has 0 bridgehead atoms. The maximum atomic E-state index is 11.9. The molecule has 3 rings (SSSR count). The fourth-order valence-corrected chi connectivity index (χ4v) is 3.16. The SMILES string of the molecule is CN1CCC(OCCCNC(=O)COc2ccc3ccccc3c2)CC1. The van der Waals surface area contributed by atoms with Gasteiger partial charge in [-0.15, -0.1) is 0 Å². The molecule has 0 radical (unpaired) electrons. The van der Waals surface area contributed by atoms with Gasteiger partial charge in [-0.3, -0.25) is 4.79 Å². The molecule has 0 unspecified atom stereocenters. The van der Waals surface area contributed by atoms with Crippen LogP contribution < -0.4 is 10.1 Å². The number of amides is 1. The van der Waals surface area contributed by atoms with Crippen molar-refractivity contribution in [2.24, 2.45) is 0 Å². The Hall–Kier alpha value is -2.11. The number of hydrogen-bond donors (Lipinski definition) is 1. The highest BCUT2D eigenvalue weighted by molar-refractivity contribution is 5.84. The third-order valence-corrected chi connectivity index (χ3v) is 4.75. The monoisotopic (exact) mass is 356 g/mol. The van der Waals surface area contributed by atoms with Gasteiger partial charge in [-0.1, -0.05) is 30.3 Å². The third-order valence-electron chi connectivity index (χ3n) is 4.75. The van der Waals surface area contributed by atoms with Crippen molar-refractivity contribution in [3.63, 3.8) is 0 Å². The van der Waals surface area contributed by atoms with E-state index >= 15 is 0 Å². The first-order valence-corrected chi connectivity index (χ1v) is 9.39. The third kappa shape index (κ3) is 5.71. The van der Waals surface area contributed by atoms with Crippen LogP contribution in [-0.2, 0) is 9.53 Å². The van der Waals surface area contributed by atoms with Gasteiger partial charge >= 0.3 is 0 Å². The summed E-state index contributed by atoms with van der Waals surface area (Å²) in [6.07, 6.45) is 3.40. The minimum Gasteiger partial charge on any atom is -0.484 e. The normalized spacial score (nSPS) is 15.9. The largest absolute Gasteiger partial charge is 0.484 e. The van der Waals surface area contributed by atoms with Crippen molar-refractivity contribution >= 4 is 16.7 Å². The van der Waals surface area contributed by atoms with E-state index in [-0.39, 0.29) is 12.5 Å². The number of ether oxygens (including phenoxy) is 2. The molecule has 1 heterocycles. The number of likely N-dealkylation sites (tertiary alicyclic amines) is 1. The Balaban J connectivity index is 1.29. The zero-order valence-electron chi connectivity index (χ0n) is 15.4. The molecule has 5 nitrogen and oxygen atoms in total. The minimum absolute atomic E-state index is 0.0359. The molecule has 2 aromatic rings. The molecular weight excluding hydrogens is 328 g/mol. The highest BCUT2D eigenvalue weighted by atomic mass is 16.5. The fraction of sp³-hybridized carbons (Fsp3) is 0.476. The molecule has 1 fully saturated rings. The molecule has 26 heavy (non-hydrogen) atoms. The lowest BCUT2D eigenvalue weighted by Crippen LogP contribution is -2.35. The highest BCUT2D eigenvalue weighted by Gasteiger charge is 2.16.